The van der Waals surface area contributed by atoms with Crippen molar-refractivity contribution in [3.05, 3.63) is 84.4 Å². The number of hydrogen-bond donors (Lipinski definition) is 1. The number of thiazole rings is 1. The smallest absolute Gasteiger partial charge is 0.257 e. The van der Waals surface area contributed by atoms with Gasteiger partial charge in [-0.05, 0) is 35.4 Å². The molecule has 0 aliphatic rings. The number of nitrogens with one attached hydrogen (secondary N) is 1. The number of nitrogens with zero attached hydrogens (tertiary/aromatic N) is 1. The highest BCUT2D eigenvalue weighted by atomic mass is 32.1. The summed E-state index contributed by atoms with van der Waals surface area (Å²) in [4.78, 5) is 16.8. The number of benzene rings is 3. The summed E-state index contributed by atoms with van der Waals surface area (Å²) in [6.07, 6.45) is 0. The van der Waals surface area contributed by atoms with Gasteiger partial charge < -0.3 is 0 Å². The second-order valence-corrected chi connectivity index (χ2v) is 6.41. The van der Waals surface area contributed by atoms with Gasteiger partial charge in [-0.3, -0.25) is 10.1 Å². The molecule has 0 unspecified atom stereocenters. The minimum Gasteiger partial charge on any atom is -0.298 e. The molecule has 4 heteroatoms. The van der Waals surface area contributed by atoms with E-state index in [9.17, 15) is 4.79 Å². The van der Waals surface area contributed by atoms with Crippen LogP contribution < -0.4 is 5.32 Å². The molecule has 1 amide bonds. The van der Waals surface area contributed by atoms with Crippen LogP contribution in [0.3, 0.4) is 0 Å². The highest BCUT2D eigenvalue weighted by Crippen LogP contribution is 2.26. The van der Waals surface area contributed by atoms with E-state index in [0.29, 0.717) is 10.7 Å². The number of amides is 1. The molecule has 0 aliphatic heterocycles. The van der Waals surface area contributed by atoms with Gasteiger partial charge in [0, 0.05) is 5.56 Å². The molecular formula is C20H14N2OS. The van der Waals surface area contributed by atoms with Crippen LogP contribution >= 0.6 is 11.3 Å². The Morgan fingerprint density at radius 2 is 1.46 bits per heavy atom. The van der Waals surface area contributed by atoms with Gasteiger partial charge in [-0.1, -0.05) is 65.9 Å². The molecule has 4 aromatic rings. The van der Waals surface area contributed by atoms with E-state index in [1.807, 2.05) is 66.7 Å². The molecule has 0 radical (unpaired) electrons. The van der Waals surface area contributed by atoms with Crippen LogP contribution in [-0.4, -0.2) is 10.9 Å². The van der Waals surface area contributed by atoms with E-state index in [4.69, 9.17) is 0 Å². The number of aromatic nitrogens is 1. The first-order valence-corrected chi connectivity index (χ1v) is 8.44. The third-order valence-corrected chi connectivity index (χ3v) is 4.72. The Morgan fingerprint density at radius 3 is 2.21 bits per heavy atom. The lowest BCUT2D eigenvalue weighted by Gasteiger charge is -2.04. The summed E-state index contributed by atoms with van der Waals surface area (Å²) in [6.45, 7) is 0. The molecule has 0 spiro atoms. The van der Waals surface area contributed by atoms with Gasteiger partial charge >= 0.3 is 0 Å². The number of rotatable bonds is 3. The van der Waals surface area contributed by atoms with Gasteiger partial charge in [-0.25, -0.2) is 4.98 Å². The quantitative estimate of drug-likeness (QED) is 0.560. The van der Waals surface area contributed by atoms with Gasteiger partial charge in [0.25, 0.3) is 5.91 Å². The molecule has 116 valence electrons. The topological polar surface area (TPSA) is 42.0 Å². The maximum atomic E-state index is 12.4. The van der Waals surface area contributed by atoms with E-state index in [1.165, 1.54) is 11.3 Å². The molecule has 0 bridgehead atoms. The van der Waals surface area contributed by atoms with Crippen molar-refractivity contribution in [3.8, 4) is 11.1 Å². The largest absolute Gasteiger partial charge is 0.298 e. The highest BCUT2D eigenvalue weighted by Gasteiger charge is 2.10. The van der Waals surface area contributed by atoms with Gasteiger partial charge in [0.15, 0.2) is 5.13 Å². The van der Waals surface area contributed by atoms with Gasteiger partial charge in [0.05, 0.1) is 10.2 Å². The van der Waals surface area contributed by atoms with Crippen LogP contribution in [0.25, 0.3) is 21.3 Å². The summed E-state index contributed by atoms with van der Waals surface area (Å²) in [5.41, 5.74) is 3.74. The summed E-state index contributed by atoms with van der Waals surface area (Å²) in [5.74, 6) is -0.145. The molecule has 3 aromatic carbocycles. The molecule has 4 rings (SSSR count). The van der Waals surface area contributed by atoms with Gasteiger partial charge in [-0.15, -0.1) is 0 Å². The predicted molar refractivity (Wildman–Crippen MR) is 99.5 cm³/mol. The number of para-hydroxylation sites is 1. The highest BCUT2D eigenvalue weighted by molar-refractivity contribution is 7.22. The Kier molecular flexibility index (Phi) is 3.81. The summed E-state index contributed by atoms with van der Waals surface area (Å²) >= 11 is 1.48. The number of carbonyl (C=O) groups excluding carboxylic acids is 1. The lowest BCUT2D eigenvalue weighted by molar-refractivity contribution is 0.102. The van der Waals surface area contributed by atoms with Crippen molar-refractivity contribution in [3.63, 3.8) is 0 Å². The number of hydrogen-bond acceptors (Lipinski definition) is 3. The van der Waals surface area contributed by atoms with E-state index in [-0.39, 0.29) is 5.91 Å². The Balaban J connectivity index is 1.54. The summed E-state index contributed by atoms with van der Waals surface area (Å²) in [7, 11) is 0. The lowest BCUT2D eigenvalue weighted by atomic mass is 10.0. The maximum absolute atomic E-state index is 12.4. The Morgan fingerprint density at radius 1 is 0.792 bits per heavy atom. The van der Waals surface area contributed by atoms with Crippen molar-refractivity contribution in [1.82, 2.24) is 4.98 Å². The Bertz CT molecular complexity index is 958. The fourth-order valence-electron chi connectivity index (χ4n) is 2.54. The van der Waals surface area contributed by atoms with Crippen LogP contribution in [-0.2, 0) is 0 Å². The standard InChI is InChI=1S/C20H14N2OS/c23-19(22-20-21-17-8-4-5-9-18(17)24-20)16-12-10-15(11-13-16)14-6-2-1-3-7-14/h1-13H,(H,21,22,23). The molecule has 0 atom stereocenters. The van der Waals surface area contributed by atoms with Crippen LogP contribution in [0.4, 0.5) is 5.13 Å². The molecule has 0 fully saturated rings. The second kappa shape index (κ2) is 6.26. The number of anilines is 1. The summed E-state index contributed by atoms with van der Waals surface area (Å²) in [5, 5.41) is 3.49. The monoisotopic (exact) mass is 330 g/mol. The average Bonchev–Trinajstić information content (AvgIpc) is 3.05. The summed E-state index contributed by atoms with van der Waals surface area (Å²) in [6, 6.07) is 25.5. The lowest BCUT2D eigenvalue weighted by Crippen LogP contribution is -2.11. The first kappa shape index (κ1) is 14.6. The van der Waals surface area contributed by atoms with Crippen molar-refractivity contribution in [2.45, 2.75) is 0 Å². The van der Waals surface area contributed by atoms with E-state index < -0.39 is 0 Å². The third kappa shape index (κ3) is 2.92. The zero-order valence-corrected chi connectivity index (χ0v) is 13.6. The third-order valence-electron chi connectivity index (χ3n) is 3.77. The fourth-order valence-corrected chi connectivity index (χ4v) is 3.40. The molecule has 0 aliphatic carbocycles. The van der Waals surface area contributed by atoms with Crippen LogP contribution in [0.1, 0.15) is 10.4 Å². The molecule has 1 N–H and O–H groups in total. The number of fused-ring (bicyclic) bond motifs is 1. The van der Waals surface area contributed by atoms with E-state index in [2.05, 4.69) is 22.4 Å². The average molecular weight is 330 g/mol. The van der Waals surface area contributed by atoms with Crippen molar-refractivity contribution < 1.29 is 4.79 Å². The van der Waals surface area contributed by atoms with Gasteiger partial charge in [-0.2, -0.15) is 0 Å². The second-order valence-electron chi connectivity index (χ2n) is 5.38. The molecule has 3 nitrogen and oxygen atoms in total. The zero-order chi connectivity index (χ0) is 16.4. The van der Waals surface area contributed by atoms with Crippen LogP contribution in [0.2, 0.25) is 0 Å². The van der Waals surface area contributed by atoms with Gasteiger partial charge in [0.2, 0.25) is 0 Å². The molecule has 1 aromatic heterocycles. The summed E-state index contributed by atoms with van der Waals surface area (Å²) < 4.78 is 1.06. The van der Waals surface area contributed by atoms with E-state index in [1.54, 1.807) is 0 Å². The minimum absolute atomic E-state index is 0.145. The Hall–Kier alpha value is -2.98. The molecular weight excluding hydrogens is 316 g/mol. The van der Waals surface area contributed by atoms with E-state index >= 15 is 0 Å². The number of carbonyl (C=O) groups is 1. The first-order chi connectivity index (χ1) is 11.8. The Labute approximate surface area is 143 Å². The van der Waals surface area contributed by atoms with Crippen molar-refractivity contribution in [2.24, 2.45) is 0 Å². The van der Waals surface area contributed by atoms with Gasteiger partial charge in [0.1, 0.15) is 0 Å². The van der Waals surface area contributed by atoms with Crippen molar-refractivity contribution >= 4 is 32.6 Å². The first-order valence-electron chi connectivity index (χ1n) is 7.62. The zero-order valence-electron chi connectivity index (χ0n) is 12.8. The van der Waals surface area contributed by atoms with Crippen LogP contribution in [0, 0.1) is 0 Å². The van der Waals surface area contributed by atoms with E-state index in [0.717, 1.165) is 21.3 Å². The van der Waals surface area contributed by atoms with Crippen molar-refractivity contribution in [1.29, 1.82) is 0 Å². The van der Waals surface area contributed by atoms with Crippen LogP contribution in [0.5, 0.6) is 0 Å². The minimum atomic E-state index is -0.145. The predicted octanol–water partition coefficient (Wildman–Crippen LogP) is 5.22. The van der Waals surface area contributed by atoms with Crippen LogP contribution in [0.15, 0.2) is 78.9 Å². The molecule has 24 heavy (non-hydrogen) atoms. The molecule has 0 saturated heterocycles. The molecule has 0 saturated carbocycles. The molecule has 1 heterocycles. The van der Waals surface area contributed by atoms with Crippen molar-refractivity contribution in [2.75, 3.05) is 5.32 Å². The normalized spacial score (nSPS) is 10.7. The fraction of sp³-hybridized carbons (Fsp3) is 0. The maximum Gasteiger partial charge on any atom is 0.257 e. The SMILES string of the molecule is O=C(Nc1nc2ccccc2s1)c1ccc(-c2ccccc2)cc1.